The fraction of sp³-hybridized carbons (Fsp3) is 0.375. The number of rotatable bonds is 7. The van der Waals surface area contributed by atoms with E-state index in [1.54, 1.807) is 19.2 Å². The molecular weight excluding hydrogens is 310 g/mol. The number of ether oxygens (including phenoxy) is 1. The summed E-state index contributed by atoms with van der Waals surface area (Å²) in [5.41, 5.74) is 6.59. The second-order valence-corrected chi connectivity index (χ2v) is 5.58. The van der Waals surface area contributed by atoms with Crippen molar-refractivity contribution in [3.05, 3.63) is 41.3 Å². The largest absolute Gasteiger partial charge is 0.497 e. The predicted molar refractivity (Wildman–Crippen MR) is 88.9 cm³/mol. The van der Waals surface area contributed by atoms with Gasteiger partial charge in [-0.1, -0.05) is 12.1 Å². The number of likely N-dealkylation sites (N-methyl/N-ethyl adjacent to an activating group) is 1. The van der Waals surface area contributed by atoms with Crippen molar-refractivity contribution in [1.29, 1.82) is 0 Å². The number of nitrogens with one attached hydrogen (secondary N) is 2. The molecule has 6 N–H and O–H groups in total. The van der Waals surface area contributed by atoms with Crippen LogP contribution in [0.25, 0.3) is 0 Å². The lowest BCUT2D eigenvalue weighted by Gasteiger charge is -2.24. The number of hydrogen-bond donors (Lipinski definition) is 4. The first-order valence-electron chi connectivity index (χ1n) is 7.64. The van der Waals surface area contributed by atoms with Gasteiger partial charge in [0.2, 0.25) is 5.91 Å². The molecule has 0 aromatic heterocycles. The van der Waals surface area contributed by atoms with Crippen molar-refractivity contribution in [3.63, 3.8) is 0 Å². The Bertz CT molecular complexity index is 638. The van der Waals surface area contributed by atoms with Crippen LogP contribution in [0.15, 0.2) is 35.8 Å². The molecule has 0 heterocycles. The summed E-state index contributed by atoms with van der Waals surface area (Å²) in [5, 5.41) is 6.35. The van der Waals surface area contributed by atoms with E-state index in [2.05, 4.69) is 10.6 Å². The first-order valence-corrected chi connectivity index (χ1v) is 7.64. The summed E-state index contributed by atoms with van der Waals surface area (Å²) < 4.78 is 5.11. The first kappa shape index (κ1) is 17.6. The van der Waals surface area contributed by atoms with Crippen molar-refractivity contribution in [2.75, 3.05) is 14.2 Å². The van der Waals surface area contributed by atoms with E-state index in [1.165, 1.54) is 12.1 Å². The van der Waals surface area contributed by atoms with Gasteiger partial charge in [0, 0.05) is 13.0 Å². The fourth-order valence-corrected chi connectivity index (χ4v) is 2.11. The Kier molecular flexibility index (Phi) is 5.64. The summed E-state index contributed by atoms with van der Waals surface area (Å²) >= 11 is 0. The number of hydrazine groups is 1. The van der Waals surface area contributed by atoms with E-state index in [-0.39, 0.29) is 29.9 Å². The van der Waals surface area contributed by atoms with Crippen molar-refractivity contribution in [2.24, 2.45) is 17.5 Å². The van der Waals surface area contributed by atoms with Crippen LogP contribution < -0.4 is 26.9 Å². The average molecular weight is 333 g/mol. The topological polar surface area (TPSA) is 123 Å². The molecule has 24 heavy (non-hydrogen) atoms. The molecule has 0 spiro atoms. The first-order chi connectivity index (χ1) is 11.5. The van der Waals surface area contributed by atoms with Crippen LogP contribution >= 0.6 is 0 Å². The van der Waals surface area contributed by atoms with Gasteiger partial charge in [0.1, 0.15) is 11.4 Å². The predicted octanol–water partition coefficient (Wildman–Crippen LogP) is -0.229. The van der Waals surface area contributed by atoms with E-state index < -0.39 is 5.91 Å². The number of nitrogens with zero attached hydrogens (tertiary/aromatic N) is 1. The van der Waals surface area contributed by atoms with Crippen LogP contribution in [-0.4, -0.2) is 31.0 Å². The van der Waals surface area contributed by atoms with E-state index in [9.17, 15) is 9.59 Å². The number of carbonyl (C=O) groups is 2. The average Bonchev–Trinajstić information content (AvgIpc) is 3.43. The lowest BCUT2D eigenvalue weighted by atomic mass is 10.2. The number of carbonyl (C=O) groups excluding carboxylic acids is 2. The lowest BCUT2D eigenvalue weighted by molar-refractivity contribution is -0.122. The number of hydrogen-bond acceptors (Lipinski definition) is 6. The maximum absolute atomic E-state index is 12.0. The molecule has 1 aliphatic carbocycles. The smallest absolute Gasteiger partial charge is 0.270 e. The van der Waals surface area contributed by atoms with E-state index in [0.717, 1.165) is 24.2 Å². The second kappa shape index (κ2) is 7.69. The highest BCUT2D eigenvalue weighted by Gasteiger charge is 2.31. The highest BCUT2D eigenvalue weighted by atomic mass is 16.5. The molecule has 0 atom stereocenters. The highest BCUT2D eigenvalue weighted by Crippen LogP contribution is 2.29. The van der Waals surface area contributed by atoms with Gasteiger partial charge in [0.25, 0.3) is 5.91 Å². The van der Waals surface area contributed by atoms with Crippen LogP contribution in [0.5, 0.6) is 5.75 Å². The Morgan fingerprint density at radius 1 is 1.29 bits per heavy atom. The van der Waals surface area contributed by atoms with Gasteiger partial charge >= 0.3 is 0 Å². The SMILES string of the molecule is CNC(=O)/C(N)=C(\NC(=O)C1CC1)N(N)Cc1ccc(OC)cc1. The molecule has 1 fully saturated rings. The minimum atomic E-state index is -0.508. The maximum atomic E-state index is 12.0. The summed E-state index contributed by atoms with van der Waals surface area (Å²) in [6, 6.07) is 7.29. The molecule has 1 aromatic rings. The molecule has 0 unspecified atom stereocenters. The third-order valence-corrected chi connectivity index (χ3v) is 3.72. The third kappa shape index (κ3) is 4.39. The van der Waals surface area contributed by atoms with Gasteiger partial charge in [-0.2, -0.15) is 0 Å². The Balaban J connectivity index is 2.17. The van der Waals surface area contributed by atoms with Crippen LogP contribution in [0, 0.1) is 5.92 Å². The second-order valence-electron chi connectivity index (χ2n) is 5.58. The third-order valence-electron chi connectivity index (χ3n) is 3.72. The summed E-state index contributed by atoms with van der Waals surface area (Å²) in [5.74, 6) is 6.16. The Morgan fingerprint density at radius 3 is 2.42 bits per heavy atom. The van der Waals surface area contributed by atoms with Crippen molar-refractivity contribution in [2.45, 2.75) is 19.4 Å². The quantitative estimate of drug-likeness (QED) is 0.311. The Hall–Kier alpha value is -2.74. The summed E-state index contributed by atoms with van der Waals surface area (Å²) in [6.07, 6.45) is 1.67. The zero-order valence-electron chi connectivity index (χ0n) is 13.8. The molecule has 1 saturated carbocycles. The zero-order valence-corrected chi connectivity index (χ0v) is 13.8. The fourth-order valence-electron chi connectivity index (χ4n) is 2.11. The van der Waals surface area contributed by atoms with Crippen LogP contribution in [0.1, 0.15) is 18.4 Å². The van der Waals surface area contributed by atoms with Gasteiger partial charge in [-0.15, -0.1) is 0 Å². The normalized spacial score (nSPS) is 14.5. The van der Waals surface area contributed by atoms with Crippen molar-refractivity contribution >= 4 is 11.8 Å². The number of methoxy groups -OCH3 is 1. The minimum Gasteiger partial charge on any atom is -0.497 e. The maximum Gasteiger partial charge on any atom is 0.270 e. The number of nitrogens with two attached hydrogens (primary N) is 2. The van der Waals surface area contributed by atoms with Gasteiger partial charge in [-0.25, -0.2) is 5.84 Å². The van der Waals surface area contributed by atoms with E-state index in [4.69, 9.17) is 16.3 Å². The zero-order chi connectivity index (χ0) is 17.7. The molecular formula is C16H23N5O3. The molecule has 1 aliphatic rings. The molecule has 2 rings (SSSR count). The van der Waals surface area contributed by atoms with E-state index >= 15 is 0 Å². The van der Waals surface area contributed by atoms with Crippen molar-refractivity contribution in [1.82, 2.24) is 15.6 Å². The summed E-state index contributed by atoms with van der Waals surface area (Å²) in [7, 11) is 3.04. The molecule has 0 radical (unpaired) electrons. The van der Waals surface area contributed by atoms with Crippen LogP contribution in [0.4, 0.5) is 0 Å². The highest BCUT2D eigenvalue weighted by molar-refractivity contribution is 5.94. The van der Waals surface area contributed by atoms with Crippen LogP contribution in [0.2, 0.25) is 0 Å². The van der Waals surface area contributed by atoms with Crippen molar-refractivity contribution < 1.29 is 14.3 Å². The van der Waals surface area contributed by atoms with E-state index in [0.29, 0.717) is 0 Å². The molecule has 0 aliphatic heterocycles. The van der Waals surface area contributed by atoms with Gasteiger partial charge in [0.15, 0.2) is 5.82 Å². The van der Waals surface area contributed by atoms with Gasteiger partial charge in [-0.05, 0) is 30.5 Å². The van der Waals surface area contributed by atoms with Gasteiger partial charge in [-0.3, -0.25) is 14.6 Å². The molecule has 2 amide bonds. The van der Waals surface area contributed by atoms with Crippen molar-refractivity contribution in [3.8, 4) is 5.75 Å². The van der Waals surface area contributed by atoms with Gasteiger partial charge < -0.3 is 21.1 Å². The molecule has 0 bridgehead atoms. The van der Waals surface area contributed by atoms with Crippen LogP contribution in [-0.2, 0) is 16.1 Å². The molecule has 8 heteroatoms. The molecule has 130 valence electrons. The Labute approximate surface area is 140 Å². The monoisotopic (exact) mass is 333 g/mol. The number of benzene rings is 1. The molecule has 1 aromatic carbocycles. The lowest BCUT2D eigenvalue weighted by Crippen LogP contribution is -2.44. The minimum absolute atomic E-state index is 0.0353. The molecule has 0 saturated heterocycles. The van der Waals surface area contributed by atoms with E-state index in [1.807, 2.05) is 12.1 Å². The number of amides is 2. The van der Waals surface area contributed by atoms with Gasteiger partial charge in [0.05, 0.1) is 13.7 Å². The standard InChI is InChI=1S/C16H23N5O3/c1-19-16(23)13(17)14(20-15(22)11-5-6-11)21(18)9-10-3-7-12(24-2)8-4-10/h3-4,7-8,11H,5-6,9,17-18H2,1-2H3,(H,19,23)(H,20,22)/b14-13-. The summed E-state index contributed by atoms with van der Waals surface area (Å²) in [4.78, 5) is 23.9. The summed E-state index contributed by atoms with van der Waals surface area (Å²) in [6.45, 7) is 0.266. The Morgan fingerprint density at radius 2 is 1.92 bits per heavy atom. The van der Waals surface area contributed by atoms with Crippen LogP contribution in [0.3, 0.4) is 0 Å². The molecule has 8 nitrogen and oxygen atoms in total.